The Kier molecular flexibility index (Phi) is 8.45. The standard InChI is InChI=1S/C36H37N2P/c1-26-18-27(2)21-32(20-26)37-24-30-12-8-10-16-35(30)39(34-14-6-5-7-15-34)36-17-11-9-13-31(36)25-38-33-22-28(3)19-29(4)23-33/h5-23,37-38H,24-25H2,1-4H3. The van der Waals surface area contributed by atoms with Crippen LogP contribution >= 0.6 is 7.92 Å². The first-order chi connectivity index (χ1) is 19.0. The van der Waals surface area contributed by atoms with E-state index in [0.717, 1.165) is 13.1 Å². The van der Waals surface area contributed by atoms with Gasteiger partial charge in [-0.15, -0.1) is 0 Å². The zero-order valence-corrected chi connectivity index (χ0v) is 24.2. The van der Waals surface area contributed by atoms with Crippen LogP contribution in [0, 0.1) is 27.7 Å². The Morgan fingerprint density at radius 1 is 0.462 bits per heavy atom. The van der Waals surface area contributed by atoms with Crippen molar-refractivity contribution >= 4 is 35.2 Å². The lowest BCUT2D eigenvalue weighted by molar-refractivity contribution is 1.15. The zero-order chi connectivity index (χ0) is 27.2. The van der Waals surface area contributed by atoms with E-state index in [2.05, 4.69) is 154 Å². The van der Waals surface area contributed by atoms with Crippen LogP contribution in [0.1, 0.15) is 33.4 Å². The minimum absolute atomic E-state index is 0.753. The fourth-order valence-electron chi connectivity index (χ4n) is 5.29. The molecule has 0 unspecified atom stereocenters. The molecule has 0 spiro atoms. The molecule has 0 atom stereocenters. The molecular weight excluding hydrogens is 491 g/mol. The highest BCUT2D eigenvalue weighted by Gasteiger charge is 2.21. The topological polar surface area (TPSA) is 24.1 Å². The monoisotopic (exact) mass is 528 g/mol. The van der Waals surface area contributed by atoms with Gasteiger partial charge in [-0.1, -0.05) is 91.0 Å². The maximum atomic E-state index is 3.71. The minimum Gasteiger partial charge on any atom is -0.381 e. The van der Waals surface area contributed by atoms with Crippen molar-refractivity contribution in [3.63, 3.8) is 0 Å². The van der Waals surface area contributed by atoms with E-state index in [0.29, 0.717) is 0 Å². The van der Waals surface area contributed by atoms with Crippen LogP contribution in [0.3, 0.4) is 0 Å². The second kappa shape index (κ2) is 12.3. The van der Waals surface area contributed by atoms with Crippen LogP contribution in [0.5, 0.6) is 0 Å². The summed E-state index contributed by atoms with van der Waals surface area (Å²) in [6.07, 6.45) is 0. The highest BCUT2D eigenvalue weighted by molar-refractivity contribution is 7.80. The molecule has 39 heavy (non-hydrogen) atoms. The predicted octanol–water partition coefficient (Wildman–Crippen LogP) is 7.90. The summed E-state index contributed by atoms with van der Waals surface area (Å²) >= 11 is 0. The lowest BCUT2D eigenvalue weighted by atomic mass is 10.1. The van der Waals surface area contributed by atoms with E-state index in [1.165, 1.54) is 60.7 Å². The van der Waals surface area contributed by atoms with Crippen molar-refractivity contribution in [2.45, 2.75) is 40.8 Å². The van der Waals surface area contributed by atoms with Gasteiger partial charge in [-0.25, -0.2) is 0 Å². The van der Waals surface area contributed by atoms with E-state index in [-0.39, 0.29) is 0 Å². The SMILES string of the molecule is Cc1cc(C)cc(NCc2ccccc2P(c2ccccc2)c2ccccc2CNc2cc(C)cc(C)c2)c1. The van der Waals surface area contributed by atoms with E-state index < -0.39 is 7.92 Å². The third-order valence-corrected chi connectivity index (χ3v) is 9.54. The van der Waals surface area contributed by atoms with Gasteiger partial charge in [0.25, 0.3) is 0 Å². The quantitative estimate of drug-likeness (QED) is 0.190. The summed E-state index contributed by atoms with van der Waals surface area (Å²) < 4.78 is 0. The Hall–Kier alpha value is -3.87. The molecule has 0 bridgehead atoms. The maximum Gasteiger partial charge on any atom is 0.0407 e. The lowest BCUT2D eigenvalue weighted by Crippen LogP contribution is -2.27. The van der Waals surface area contributed by atoms with Crippen LogP contribution in [0.25, 0.3) is 0 Å². The average Bonchev–Trinajstić information content (AvgIpc) is 2.92. The van der Waals surface area contributed by atoms with Gasteiger partial charge in [0.15, 0.2) is 0 Å². The molecule has 5 aromatic rings. The van der Waals surface area contributed by atoms with Crippen LogP contribution in [0.2, 0.25) is 0 Å². The molecule has 196 valence electrons. The summed E-state index contributed by atoms with van der Waals surface area (Å²) in [5.41, 5.74) is 10.1. The van der Waals surface area contributed by atoms with Crippen molar-refractivity contribution in [2.24, 2.45) is 0 Å². The maximum absolute atomic E-state index is 3.71. The summed E-state index contributed by atoms with van der Waals surface area (Å²) in [5.74, 6) is 0. The van der Waals surface area contributed by atoms with Crippen LogP contribution < -0.4 is 26.5 Å². The second-order valence-electron chi connectivity index (χ2n) is 10.4. The fourth-order valence-corrected chi connectivity index (χ4v) is 7.93. The van der Waals surface area contributed by atoms with Crippen molar-refractivity contribution in [1.29, 1.82) is 0 Å². The van der Waals surface area contributed by atoms with Crippen molar-refractivity contribution < 1.29 is 0 Å². The molecule has 5 rings (SSSR count). The van der Waals surface area contributed by atoms with E-state index in [1.807, 2.05) is 0 Å². The Bertz CT molecular complexity index is 1420. The summed E-state index contributed by atoms with van der Waals surface area (Å²) in [6.45, 7) is 10.2. The van der Waals surface area contributed by atoms with Gasteiger partial charge in [-0.3, -0.25) is 0 Å². The predicted molar refractivity (Wildman–Crippen MR) is 172 cm³/mol. The van der Waals surface area contributed by atoms with Crippen molar-refractivity contribution in [1.82, 2.24) is 0 Å². The molecule has 0 radical (unpaired) electrons. The van der Waals surface area contributed by atoms with Crippen LogP contribution in [-0.2, 0) is 13.1 Å². The smallest absolute Gasteiger partial charge is 0.0407 e. The highest BCUT2D eigenvalue weighted by Crippen LogP contribution is 2.36. The van der Waals surface area contributed by atoms with Crippen molar-refractivity contribution in [3.8, 4) is 0 Å². The first-order valence-electron chi connectivity index (χ1n) is 13.6. The second-order valence-corrected chi connectivity index (χ2v) is 12.5. The first kappa shape index (κ1) is 26.7. The van der Waals surface area contributed by atoms with Gasteiger partial charge in [0.05, 0.1) is 0 Å². The Labute approximate surface area is 234 Å². The molecule has 0 aliphatic rings. The molecule has 0 fully saturated rings. The molecule has 5 aromatic carbocycles. The summed E-state index contributed by atoms with van der Waals surface area (Å²) in [5, 5.41) is 11.6. The molecule has 2 nitrogen and oxygen atoms in total. The Balaban J connectivity index is 1.51. The van der Waals surface area contributed by atoms with Crippen LogP contribution in [-0.4, -0.2) is 0 Å². The van der Waals surface area contributed by atoms with Crippen LogP contribution in [0.4, 0.5) is 11.4 Å². The Morgan fingerprint density at radius 3 is 1.28 bits per heavy atom. The van der Waals surface area contributed by atoms with Gasteiger partial charge in [0, 0.05) is 24.5 Å². The molecule has 0 amide bonds. The number of nitrogens with one attached hydrogen (secondary N) is 2. The van der Waals surface area contributed by atoms with Gasteiger partial charge in [0.1, 0.15) is 0 Å². The molecule has 0 aromatic heterocycles. The van der Waals surface area contributed by atoms with Crippen LogP contribution in [0.15, 0.2) is 115 Å². The third-order valence-electron chi connectivity index (χ3n) is 6.89. The molecule has 0 aliphatic heterocycles. The minimum atomic E-state index is -0.753. The molecule has 0 heterocycles. The molecular formula is C36H37N2P. The van der Waals surface area contributed by atoms with Crippen molar-refractivity contribution in [3.05, 3.63) is 149 Å². The molecule has 0 saturated carbocycles. The zero-order valence-electron chi connectivity index (χ0n) is 23.3. The summed E-state index contributed by atoms with van der Waals surface area (Å²) in [7, 11) is -0.753. The number of hydrogen-bond donors (Lipinski definition) is 2. The Morgan fingerprint density at radius 2 is 0.846 bits per heavy atom. The summed E-state index contributed by atoms with van der Waals surface area (Å²) in [4.78, 5) is 0. The fraction of sp³-hybridized carbons (Fsp3) is 0.167. The van der Waals surface area contributed by atoms with E-state index >= 15 is 0 Å². The average molecular weight is 529 g/mol. The van der Waals surface area contributed by atoms with Gasteiger partial charge in [-0.2, -0.15) is 0 Å². The van der Waals surface area contributed by atoms with Gasteiger partial charge >= 0.3 is 0 Å². The highest BCUT2D eigenvalue weighted by atomic mass is 31.1. The number of rotatable bonds is 9. The number of aryl methyl sites for hydroxylation is 4. The van der Waals surface area contributed by atoms with E-state index in [1.54, 1.807) is 0 Å². The van der Waals surface area contributed by atoms with Crippen molar-refractivity contribution in [2.75, 3.05) is 10.6 Å². The van der Waals surface area contributed by atoms with Gasteiger partial charge in [0.2, 0.25) is 0 Å². The normalized spacial score (nSPS) is 11.0. The number of benzene rings is 5. The molecule has 0 saturated heterocycles. The number of hydrogen-bond acceptors (Lipinski definition) is 2. The van der Waals surface area contributed by atoms with E-state index in [4.69, 9.17) is 0 Å². The molecule has 0 aliphatic carbocycles. The summed E-state index contributed by atoms with van der Waals surface area (Å²) in [6, 6.07) is 42.2. The lowest BCUT2D eigenvalue weighted by Gasteiger charge is -2.25. The first-order valence-corrected chi connectivity index (χ1v) is 15.0. The molecule has 2 N–H and O–H groups in total. The van der Waals surface area contributed by atoms with Gasteiger partial charge in [-0.05, 0) is 109 Å². The number of anilines is 2. The van der Waals surface area contributed by atoms with E-state index in [9.17, 15) is 0 Å². The van der Waals surface area contributed by atoms with Gasteiger partial charge < -0.3 is 10.6 Å². The third kappa shape index (κ3) is 6.77. The largest absolute Gasteiger partial charge is 0.381 e. The molecule has 3 heteroatoms.